The lowest BCUT2D eigenvalue weighted by Gasteiger charge is -2.39. The number of fused-ring (bicyclic) bond motifs is 2. The smallest absolute Gasteiger partial charge is 0.253 e. The maximum Gasteiger partial charge on any atom is 0.253 e. The first-order chi connectivity index (χ1) is 18.2. The first-order valence-electron chi connectivity index (χ1n) is 13.0. The number of tetrazole rings is 1. The van der Waals surface area contributed by atoms with Gasteiger partial charge in [0.05, 0.1) is 11.6 Å². The molecule has 2 aromatic heterocycles. The van der Waals surface area contributed by atoms with Crippen LogP contribution in [0.15, 0.2) is 53.3 Å². The van der Waals surface area contributed by atoms with Crippen molar-refractivity contribution in [3.8, 4) is 11.5 Å². The standard InChI is InChI=1S/C27H29N7O3/c35-27-21(14-18-15-23-24(37-17-36-23)16-22(18)28-27)25(26-29-30-31-34(26)20-8-4-5-9-20)33-12-10-32(11-13-33)19-6-2-1-3-7-19/h1-3,6-7,14-16,20,25H,4-5,8-13,17H2,(H,28,35). The largest absolute Gasteiger partial charge is 0.454 e. The fourth-order valence-electron chi connectivity index (χ4n) is 5.98. The van der Waals surface area contributed by atoms with Crippen LogP contribution in [0.3, 0.4) is 0 Å². The lowest BCUT2D eigenvalue weighted by atomic mass is 10.0. The second kappa shape index (κ2) is 9.19. The monoisotopic (exact) mass is 499 g/mol. The van der Waals surface area contributed by atoms with Gasteiger partial charge in [0.1, 0.15) is 6.04 Å². The number of nitrogens with zero attached hydrogens (tertiary/aromatic N) is 6. The van der Waals surface area contributed by atoms with E-state index < -0.39 is 0 Å². The van der Waals surface area contributed by atoms with Crippen molar-refractivity contribution in [2.45, 2.75) is 37.8 Å². The Hall–Kier alpha value is -3.92. The molecule has 2 aliphatic heterocycles. The van der Waals surface area contributed by atoms with Gasteiger partial charge in [-0.15, -0.1) is 5.10 Å². The van der Waals surface area contributed by atoms with Crippen molar-refractivity contribution in [1.29, 1.82) is 0 Å². The molecule has 2 fully saturated rings. The minimum absolute atomic E-state index is 0.136. The van der Waals surface area contributed by atoms with E-state index >= 15 is 0 Å². The van der Waals surface area contributed by atoms with E-state index in [1.54, 1.807) is 0 Å². The SMILES string of the molecule is O=c1[nH]c2cc3c(cc2cc1C(c1nnnn1C1CCCC1)N1CCN(c2ccccc2)CC1)OCO3. The topological polar surface area (TPSA) is 101 Å². The number of benzene rings is 2. The minimum Gasteiger partial charge on any atom is -0.454 e. The van der Waals surface area contributed by atoms with Gasteiger partial charge < -0.3 is 19.4 Å². The molecule has 1 atom stereocenters. The van der Waals surface area contributed by atoms with Gasteiger partial charge in [0.2, 0.25) is 6.79 Å². The lowest BCUT2D eigenvalue weighted by Crippen LogP contribution is -2.49. The van der Waals surface area contributed by atoms with Crippen LogP contribution in [0.25, 0.3) is 10.9 Å². The van der Waals surface area contributed by atoms with E-state index in [-0.39, 0.29) is 24.4 Å². The van der Waals surface area contributed by atoms with Crippen molar-refractivity contribution in [2.24, 2.45) is 0 Å². The maximum absolute atomic E-state index is 13.6. The number of hydrogen-bond donors (Lipinski definition) is 1. The van der Waals surface area contributed by atoms with E-state index in [1.165, 1.54) is 18.5 Å². The number of pyridine rings is 1. The number of nitrogens with one attached hydrogen (secondary N) is 1. The molecule has 0 radical (unpaired) electrons. The molecule has 0 spiro atoms. The van der Waals surface area contributed by atoms with Gasteiger partial charge in [0.25, 0.3) is 5.56 Å². The van der Waals surface area contributed by atoms with Crippen molar-refractivity contribution in [3.05, 3.63) is 70.3 Å². The molecule has 4 aromatic rings. The van der Waals surface area contributed by atoms with Crippen molar-refractivity contribution >= 4 is 16.6 Å². The number of piperazine rings is 1. The highest BCUT2D eigenvalue weighted by atomic mass is 16.7. The van der Waals surface area contributed by atoms with Crippen LogP contribution in [0, 0.1) is 0 Å². The zero-order valence-electron chi connectivity index (χ0n) is 20.5. The van der Waals surface area contributed by atoms with Gasteiger partial charge in [0, 0.05) is 48.9 Å². The summed E-state index contributed by atoms with van der Waals surface area (Å²) in [4.78, 5) is 21.4. The second-order valence-electron chi connectivity index (χ2n) is 10.0. The van der Waals surface area contributed by atoms with Crippen molar-refractivity contribution in [1.82, 2.24) is 30.1 Å². The van der Waals surface area contributed by atoms with Gasteiger partial charge in [0.15, 0.2) is 17.3 Å². The Labute approximate surface area is 213 Å². The van der Waals surface area contributed by atoms with Crippen LogP contribution in [-0.2, 0) is 0 Å². The fraction of sp³-hybridized carbons (Fsp3) is 0.407. The summed E-state index contributed by atoms with van der Waals surface area (Å²) >= 11 is 0. The predicted molar refractivity (Wildman–Crippen MR) is 138 cm³/mol. The molecule has 1 unspecified atom stereocenters. The van der Waals surface area contributed by atoms with Gasteiger partial charge in [-0.25, -0.2) is 4.68 Å². The molecule has 190 valence electrons. The Balaban J connectivity index is 1.29. The molecule has 0 amide bonds. The Morgan fingerprint density at radius 3 is 2.49 bits per heavy atom. The summed E-state index contributed by atoms with van der Waals surface area (Å²) in [5, 5.41) is 13.9. The molecule has 10 nitrogen and oxygen atoms in total. The third-order valence-corrected chi connectivity index (χ3v) is 7.89. The first-order valence-corrected chi connectivity index (χ1v) is 13.0. The number of ether oxygens (including phenoxy) is 2. The Morgan fingerprint density at radius 2 is 1.70 bits per heavy atom. The van der Waals surface area contributed by atoms with Crippen LogP contribution in [0.1, 0.15) is 49.2 Å². The molecule has 0 bridgehead atoms. The Kier molecular flexibility index (Phi) is 5.53. The molecular weight excluding hydrogens is 470 g/mol. The zero-order chi connectivity index (χ0) is 24.8. The minimum atomic E-state index is -0.355. The summed E-state index contributed by atoms with van der Waals surface area (Å²) in [6.45, 7) is 3.48. The zero-order valence-corrected chi connectivity index (χ0v) is 20.5. The summed E-state index contributed by atoms with van der Waals surface area (Å²) in [7, 11) is 0. The summed E-state index contributed by atoms with van der Waals surface area (Å²) in [5.41, 5.74) is 2.45. The molecule has 1 saturated carbocycles. The molecule has 1 N–H and O–H groups in total. The maximum atomic E-state index is 13.6. The number of rotatable bonds is 5. The third kappa shape index (κ3) is 4.01. The number of aromatic nitrogens is 5. The van der Waals surface area contributed by atoms with Crippen LogP contribution in [-0.4, -0.2) is 63.1 Å². The average Bonchev–Trinajstić information content (AvgIpc) is 3.71. The van der Waals surface area contributed by atoms with Crippen molar-refractivity contribution in [2.75, 3.05) is 37.9 Å². The average molecular weight is 500 g/mol. The van der Waals surface area contributed by atoms with E-state index in [1.807, 2.05) is 28.9 Å². The molecule has 4 heterocycles. The lowest BCUT2D eigenvalue weighted by molar-refractivity contribution is 0.174. The molecule has 2 aromatic carbocycles. The third-order valence-electron chi connectivity index (χ3n) is 7.89. The highest BCUT2D eigenvalue weighted by molar-refractivity contribution is 5.83. The summed E-state index contributed by atoms with van der Waals surface area (Å²) in [5.74, 6) is 2.08. The van der Waals surface area contributed by atoms with Crippen molar-refractivity contribution in [3.63, 3.8) is 0 Å². The molecule has 10 heteroatoms. The summed E-state index contributed by atoms with van der Waals surface area (Å²) < 4.78 is 13.1. The quantitative estimate of drug-likeness (QED) is 0.447. The Bertz CT molecular complexity index is 1470. The normalized spacial score (nSPS) is 19.1. The second-order valence-corrected chi connectivity index (χ2v) is 10.0. The molecular formula is C27H29N7O3. The van der Waals surface area contributed by atoms with Crippen LogP contribution in [0.2, 0.25) is 0 Å². The molecule has 1 saturated heterocycles. The van der Waals surface area contributed by atoms with Crippen LogP contribution < -0.4 is 19.9 Å². The van der Waals surface area contributed by atoms with Gasteiger partial charge in [-0.3, -0.25) is 9.69 Å². The molecule has 3 aliphatic rings. The van der Waals surface area contributed by atoms with Crippen LogP contribution in [0.5, 0.6) is 11.5 Å². The number of hydrogen-bond acceptors (Lipinski definition) is 8. The predicted octanol–water partition coefficient (Wildman–Crippen LogP) is 3.27. The number of aromatic amines is 1. The van der Waals surface area contributed by atoms with E-state index in [4.69, 9.17) is 9.47 Å². The fourth-order valence-corrected chi connectivity index (χ4v) is 5.98. The number of anilines is 1. The highest BCUT2D eigenvalue weighted by Crippen LogP contribution is 2.37. The number of para-hydroxylation sites is 1. The van der Waals surface area contributed by atoms with Gasteiger partial charge in [-0.2, -0.15) is 0 Å². The molecule has 1 aliphatic carbocycles. The molecule has 37 heavy (non-hydrogen) atoms. The summed E-state index contributed by atoms with van der Waals surface area (Å²) in [6, 6.07) is 16.1. The van der Waals surface area contributed by atoms with Crippen LogP contribution in [0.4, 0.5) is 5.69 Å². The van der Waals surface area contributed by atoms with E-state index in [9.17, 15) is 4.79 Å². The molecule has 7 rings (SSSR count). The van der Waals surface area contributed by atoms with E-state index in [2.05, 4.69) is 54.6 Å². The number of H-pyrrole nitrogens is 1. The van der Waals surface area contributed by atoms with Crippen molar-refractivity contribution < 1.29 is 9.47 Å². The first kappa shape index (κ1) is 22.3. The van der Waals surface area contributed by atoms with E-state index in [0.29, 0.717) is 17.1 Å². The van der Waals surface area contributed by atoms with E-state index in [0.717, 1.165) is 55.7 Å². The van der Waals surface area contributed by atoms with Gasteiger partial charge >= 0.3 is 0 Å². The summed E-state index contributed by atoms with van der Waals surface area (Å²) in [6.07, 6.45) is 4.47. The van der Waals surface area contributed by atoms with Crippen LogP contribution >= 0.6 is 0 Å². The Morgan fingerprint density at radius 1 is 0.946 bits per heavy atom. The highest BCUT2D eigenvalue weighted by Gasteiger charge is 2.35. The van der Waals surface area contributed by atoms with Gasteiger partial charge in [-0.05, 0) is 47.5 Å². The van der Waals surface area contributed by atoms with Gasteiger partial charge in [-0.1, -0.05) is 31.0 Å².